The molecule has 2 N–H and O–H groups in total. The van der Waals surface area contributed by atoms with Gasteiger partial charge in [-0.3, -0.25) is 0 Å². The number of halogens is 2. The monoisotopic (exact) mass is 570 g/mol. The number of aromatic nitrogens is 6. The number of carbonyl (C=O) groups is 1. The van der Waals surface area contributed by atoms with Gasteiger partial charge in [-0.2, -0.15) is 5.10 Å². The van der Waals surface area contributed by atoms with Crippen molar-refractivity contribution in [1.82, 2.24) is 34.7 Å². The van der Waals surface area contributed by atoms with E-state index in [0.717, 1.165) is 17.8 Å². The first kappa shape index (κ1) is 29.7. The van der Waals surface area contributed by atoms with Crippen molar-refractivity contribution in [2.45, 2.75) is 45.2 Å². The highest BCUT2D eigenvalue weighted by molar-refractivity contribution is 5.89. The molecule has 12 nitrogen and oxygen atoms in total. The molecule has 2 aromatic heterocycles. The van der Waals surface area contributed by atoms with Crippen LogP contribution in [-0.2, 0) is 21.6 Å². The Hall–Kier alpha value is -4.27. The number of rotatable bonds is 13. The van der Waals surface area contributed by atoms with Crippen LogP contribution < -0.4 is 5.32 Å². The quantitative estimate of drug-likeness (QED) is 0.234. The van der Waals surface area contributed by atoms with Crippen molar-refractivity contribution in [3.05, 3.63) is 84.7 Å². The van der Waals surface area contributed by atoms with Crippen LogP contribution in [-0.4, -0.2) is 77.9 Å². The first-order valence-electron chi connectivity index (χ1n) is 13.0. The number of nitrogens with zero attached hydrogens (tertiary/aromatic N) is 7. The fraction of sp³-hybridized carbons (Fsp3) is 0.370. The molecule has 2 atom stereocenters. The molecule has 2 amide bonds. The largest absolute Gasteiger partial charge is 0.381 e. The standard InChI is InChI=1S/C27H32F2N8O4/c1-4-40-25(41-5-2)15-36(26(38)33-21-7-9-22(10-8-21)37-13-12-31-34-37)19(3)27(39,16-35-18-30-17-32-35)23-11-6-20(28)14-24(23)29/h6-14,17-19,25,39H,4-5,15-16H2,1-3H3,(H,33,38)/t19-,27-/m1/s1. The number of ether oxygens (including phenoxy) is 2. The zero-order chi connectivity index (χ0) is 29.4. The van der Waals surface area contributed by atoms with Crippen LogP contribution in [0.25, 0.3) is 5.69 Å². The van der Waals surface area contributed by atoms with E-state index < -0.39 is 35.6 Å². The van der Waals surface area contributed by atoms with Gasteiger partial charge >= 0.3 is 6.03 Å². The summed E-state index contributed by atoms with van der Waals surface area (Å²) in [6.45, 7) is 5.32. The van der Waals surface area contributed by atoms with Gasteiger partial charge in [0.25, 0.3) is 0 Å². The summed E-state index contributed by atoms with van der Waals surface area (Å²) in [7, 11) is 0. The second-order valence-electron chi connectivity index (χ2n) is 9.13. The number of nitrogens with one attached hydrogen (secondary N) is 1. The van der Waals surface area contributed by atoms with E-state index in [1.54, 1.807) is 62.1 Å². The van der Waals surface area contributed by atoms with Gasteiger partial charge in [0.2, 0.25) is 0 Å². The molecule has 0 saturated heterocycles. The third-order valence-electron chi connectivity index (χ3n) is 6.54. The number of urea groups is 1. The lowest BCUT2D eigenvalue weighted by atomic mass is 9.85. The Morgan fingerprint density at radius 1 is 1.15 bits per heavy atom. The Bertz CT molecular complexity index is 1380. The number of hydrogen-bond donors (Lipinski definition) is 2. The van der Waals surface area contributed by atoms with Gasteiger partial charge in [-0.1, -0.05) is 11.3 Å². The van der Waals surface area contributed by atoms with Crippen molar-refractivity contribution in [2.24, 2.45) is 0 Å². The predicted molar refractivity (Wildman–Crippen MR) is 144 cm³/mol. The summed E-state index contributed by atoms with van der Waals surface area (Å²) in [5.74, 6) is -1.78. The SMILES string of the molecule is CCOC(CN(C(=O)Nc1ccc(-n2ccnn2)cc1)[C@H](C)[C@](O)(Cn1cncn1)c1ccc(F)cc1F)OCC. The fourth-order valence-corrected chi connectivity index (χ4v) is 4.44. The number of amides is 2. The Morgan fingerprint density at radius 3 is 2.46 bits per heavy atom. The van der Waals surface area contributed by atoms with Gasteiger partial charge in [-0.15, -0.1) is 5.10 Å². The van der Waals surface area contributed by atoms with Crippen molar-refractivity contribution in [3.8, 4) is 5.69 Å². The molecule has 14 heteroatoms. The highest BCUT2D eigenvalue weighted by atomic mass is 19.1. The van der Waals surface area contributed by atoms with Gasteiger partial charge in [0.15, 0.2) is 6.29 Å². The van der Waals surface area contributed by atoms with Crippen molar-refractivity contribution < 1.29 is 28.2 Å². The van der Waals surface area contributed by atoms with Crippen LogP contribution in [0.4, 0.5) is 19.3 Å². The first-order chi connectivity index (χ1) is 19.7. The van der Waals surface area contributed by atoms with Crippen molar-refractivity contribution >= 4 is 11.7 Å². The number of carbonyl (C=O) groups excluding carboxylic acids is 1. The topological polar surface area (TPSA) is 132 Å². The van der Waals surface area contributed by atoms with Crippen molar-refractivity contribution in [2.75, 3.05) is 25.1 Å². The van der Waals surface area contributed by atoms with E-state index in [0.29, 0.717) is 25.0 Å². The van der Waals surface area contributed by atoms with E-state index >= 15 is 4.39 Å². The maximum Gasteiger partial charge on any atom is 0.322 e. The van der Waals surface area contributed by atoms with Gasteiger partial charge < -0.3 is 24.8 Å². The average molecular weight is 571 g/mol. The fourth-order valence-electron chi connectivity index (χ4n) is 4.44. The third-order valence-corrected chi connectivity index (χ3v) is 6.54. The molecule has 0 aliphatic heterocycles. The van der Waals surface area contributed by atoms with E-state index in [2.05, 4.69) is 25.7 Å². The Labute approximate surface area is 235 Å². The van der Waals surface area contributed by atoms with Gasteiger partial charge in [0.1, 0.15) is 29.9 Å². The molecule has 0 unspecified atom stereocenters. The number of benzene rings is 2. The van der Waals surface area contributed by atoms with Gasteiger partial charge in [0, 0.05) is 30.5 Å². The molecule has 2 heterocycles. The lowest BCUT2D eigenvalue weighted by Crippen LogP contribution is -2.57. The summed E-state index contributed by atoms with van der Waals surface area (Å²) in [6, 6.07) is 8.01. The molecular weight excluding hydrogens is 538 g/mol. The van der Waals surface area contributed by atoms with Crippen molar-refractivity contribution in [1.29, 1.82) is 0 Å². The van der Waals surface area contributed by atoms with Crippen LogP contribution in [0.3, 0.4) is 0 Å². The van der Waals surface area contributed by atoms with Gasteiger partial charge in [-0.05, 0) is 51.1 Å². The Balaban J connectivity index is 1.69. The Kier molecular flexibility index (Phi) is 9.70. The van der Waals surface area contributed by atoms with Crippen LogP contribution in [0.5, 0.6) is 0 Å². The highest BCUT2D eigenvalue weighted by Gasteiger charge is 2.44. The van der Waals surface area contributed by atoms with Gasteiger partial charge in [-0.25, -0.2) is 27.9 Å². The summed E-state index contributed by atoms with van der Waals surface area (Å²) in [5.41, 5.74) is -1.12. The molecule has 218 valence electrons. The van der Waals surface area contributed by atoms with Gasteiger partial charge in [0.05, 0.1) is 37.2 Å². The number of aliphatic hydroxyl groups is 1. The zero-order valence-electron chi connectivity index (χ0n) is 22.9. The second kappa shape index (κ2) is 13.4. The Morgan fingerprint density at radius 2 is 1.88 bits per heavy atom. The van der Waals surface area contributed by atoms with Crippen LogP contribution in [0.2, 0.25) is 0 Å². The van der Waals surface area contributed by atoms with Crippen LogP contribution in [0.15, 0.2) is 67.5 Å². The molecular formula is C27H32F2N8O4. The molecule has 0 aliphatic carbocycles. The first-order valence-corrected chi connectivity index (χ1v) is 13.0. The van der Waals surface area contributed by atoms with Crippen LogP contribution >= 0.6 is 0 Å². The minimum absolute atomic E-state index is 0.117. The van der Waals surface area contributed by atoms with E-state index in [4.69, 9.17) is 9.47 Å². The molecule has 4 rings (SSSR count). The molecule has 2 aromatic carbocycles. The predicted octanol–water partition coefficient (Wildman–Crippen LogP) is 3.35. The minimum atomic E-state index is -2.08. The summed E-state index contributed by atoms with van der Waals surface area (Å²) in [5, 5.41) is 26.7. The molecule has 0 bridgehead atoms. The summed E-state index contributed by atoms with van der Waals surface area (Å²) in [6.07, 6.45) is 5.00. The average Bonchev–Trinajstić information content (AvgIpc) is 3.67. The third kappa shape index (κ3) is 7.09. The summed E-state index contributed by atoms with van der Waals surface area (Å²) in [4.78, 5) is 19.0. The number of hydrogen-bond acceptors (Lipinski definition) is 8. The van der Waals surface area contributed by atoms with Crippen molar-refractivity contribution in [3.63, 3.8) is 0 Å². The molecule has 0 aliphatic rings. The minimum Gasteiger partial charge on any atom is -0.381 e. The van der Waals surface area contributed by atoms with Crippen LogP contribution in [0, 0.1) is 11.6 Å². The summed E-state index contributed by atoms with van der Waals surface area (Å²) >= 11 is 0. The molecule has 41 heavy (non-hydrogen) atoms. The van der Waals surface area contributed by atoms with E-state index in [1.165, 1.54) is 22.2 Å². The lowest BCUT2D eigenvalue weighted by molar-refractivity contribution is -0.153. The van der Waals surface area contributed by atoms with E-state index in [9.17, 15) is 14.3 Å². The smallest absolute Gasteiger partial charge is 0.322 e. The maximum absolute atomic E-state index is 15.2. The molecule has 0 spiro atoms. The molecule has 0 radical (unpaired) electrons. The number of anilines is 1. The highest BCUT2D eigenvalue weighted by Crippen LogP contribution is 2.33. The van der Waals surface area contributed by atoms with Crippen LogP contribution in [0.1, 0.15) is 26.3 Å². The molecule has 0 saturated carbocycles. The normalized spacial score (nSPS) is 13.6. The maximum atomic E-state index is 15.2. The molecule has 0 fully saturated rings. The second-order valence-corrected chi connectivity index (χ2v) is 9.13. The molecule has 4 aromatic rings. The van der Waals surface area contributed by atoms with E-state index in [-0.39, 0.29) is 18.7 Å². The summed E-state index contributed by atoms with van der Waals surface area (Å²) < 4.78 is 43.3. The lowest BCUT2D eigenvalue weighted by Gasteiger charge is -2.42. The van der Waals surface area contributed by atoms with E-state index in [1.807, 2.05) is 0 Å². The zero-order valence-corrected chi connectivity index (χ0v) is 22.9.